The minimum Gasteiger partial charge on any atom is -0.358 e. The fraction of sp³-hybridized carbons (Fsp3) is 0.158. The molecular weight excluding hydrogens is 346 g/mol. The number of carbonyl (C=O) groups is 1. The Labute approximate surface area is 151 Å². The molecule has 0 atom stereocenters. The molecule has 4 heterocycles. The van der Waals surface area contributed by atoms with Crippen LogP contribution in [0.15, 0.2) is 46.1 Å². The van der Waals surface area contributed by atoms with Gasteiger partial charge in [0.1, 0.15) is 5.65 Å². The van der Waals surface area contributed by atoms with Gasteiger partial charge in [0.2, 0.25) is 0 Å². The molecule has 134 valence electrons. The zero-order chi connectivity index (χ0) is 18.5. The molecule has 3 N–H and O–H groups in total. The minimum absolute atomic E-state index is 0.165. The molecule has 0 spiro atoms. The number of rotatable bonds is 1. The molecule has 1 amide bonds. The second-order valence-electron chi connectivity index (χ2n) is 6.63. The van der Waals surface area contributed by atoms with E-state index in [1.54, 1.807) is 4.90 Å². The highest BCUT2D eigenvalue weighted by molar-refractivity contribution is 5.97. The van der Waals surface area contributed by atoms with E-state index in [9.17, 15) is 14.4 Å². The van der Waals surface area contributed by atoms with Crippen molar-refractivity contribution in [3.8, 4) is 0 Å². The molecule has 0 aliphatic carbocycles. The minimum atomic E-state index is -0.623. The second kappa shape index (κ2) is 5.66. The predicted octanol–water partition coefficient (Wildman–Crippen LogP) is 1.29. The molecular formula is C19H15N5O3. The molecule has 0 fully saturated rings. The molecule has 1 aliphatic heterocycles. The summed E-state index contributed by atoms with van der Waals surface area (Å²) in [4.78, 5) is 50.2. The lowest BCUT2D eigenvalue weighted by molar-refractivity contribution is 0.0735. The van der Waals surface area contributed by atoms with Gasteiger partial charge in [-0.05, 0) is 12.1 Å². The largest absolute Gasteiger partial charge is 0.358 e. The number of fused-ring (bicyclic) bond motifs is 4. The summed E-state index contributed by atoms with van der Waals surface area (Å²) in [5, 5.41) is 1.31. The normalized spacial score (nSPS) is 13.9. The summed E-state index contributed by atoms with van der Waals surface area (Å²) in [5.41, 5.74) is 2.66. The Kier molecular flexibility index (Phi) is 3.27. The van der Waals surface area contributed by atoms with Crippen molar-refractivity contribution in [2.45, 2.75) is 13.0 Å². The first kappa shape index (κ1) is 15.6. The summed E-state index contributed by atoms with van der Waals surface area (Å²) in [5.74, 6) is -0.189. The van der Waals surface area contributed by atoms with Crippen LogP contribution in [-0.4, -0.2) is 37.3 Å². The van der Waals surface area contributed by atoms with Gasteiger partial charge in [0.25, 0.3) is 11.5 Å². The van der Waals surface area contributed by atoms with Gasteiger partial charge in [-0.25, -0.2) is 9.78 Å². The van der Waals surface area contributed by atoms with Crippen LogP contribution in [0.25, 0.3) is 21.9 Å². The number of hydrogen-bond acceptors (Lipinski definition) is 4. The summed E-state index contributed by atoms with van der Waals surface area (Å²) >= 11 is 0. The molecule has 0 bridgehead atoms. The lowest BCUT2D eigenvalue weighted by atomic mass is 10.0. The monoisotopic (exact) mass is 361 g/mol. The molecule has 1 aromatic carbocycles. The Morgan fingerprint density at radius 3 is 2.81 bits per heavy atom. The average molecular weight is 361 g/mol. The van der Waals surface area contributed by atoms with E-state index < -0.39 is 11.2 Å². The summed E-state index contributed by atoms with van der Waals surface area (Å²) in [7, 11) is 0. The smallest absolute Gasteiger partial charge is 0.327 e. The van der Waals surface area contributed by atoms with Crippen molar-refractivity contribution in [3.63, 3.8) is 0 Å². The lowest BCUT2D eigenvalue weighted by Gasteiger charge is -2.27. The van der Waals surface area contributed by atoms with E-state index in [-0.39, 0.29) is 16.9 Å². The number of aromatic amines is 3. The van der Waals surface area contributed by atoms with E-state index in [0.717, 1.165) is 28.6 Å². The van der Waals surface area contributed by atoms with E-state index >= 15 is 0 Å². The molecule has 3 aromatic heterocycles. The van der Waals surface area contributed by atoms with Crippen molar-refractivity contribution in [1.29, 1.82) is 0 Å². The maximum Gasteiger partial charge on any atom is 0.327 e. The first-order chi connectivity index (χ1) is 13.1. The van der Waals surface area contributed by atoms with Crippen LogP contribution in [0.4, 0.5) is 0 Å². The lowest BCUT2D eigenvalue weighted by Crippen LogP contribution is -2.36. The topological polar surface area (TPSA) is 115 Å². The highest BCUT2D eigenvalue weighted by atomic mass is 16.2. The van der Waals surface area contributed by atoms with Gasteiger partial charge in [0, 0.05) is 47.9 Å². The van der Waals surface area contributed by atoms with Crippen LogP contribution in [-0.2, 0) is 13.0 Å². The van der Waals surface area contributed by atoms with Gasteiger partial charge in [0.05, 0.1) is 10.9 Å². The van der Waals surface area contributed by atoms with Crippen LogP contribution in [0.5, 0.6) is 0 Å². The number of aromatic nitrogens is 4. The van der Waals surface area contributed by atoms with Gasteiger partial charge in [-0.15, -0.1) is 0 Å². The van der Waals surface area contributed by atoms with Gasteiger partial charge in [0.15, 0.2) is 0 Å². The molecule has 0 radical (unpaired) electrons. The van der Waals surface area contributed by atoms with E-state index in [0.29, 0.717) is 18.7 Å². The van der Waals surface area contributed by atoms with Crippen LogP contribution in [0, 0.1) is 0 Å². The molecule has 8 heteroatoms. The molecule has 27 heavy (non-hydrogen) atoms. The summed E-state index contributed by atoms with van der Waals surface area (Å²) in [6.07, 6.45) is 2.13. The van der Waals surface area contributed by atoms with Crippen molar-refractivity contribution in [2.75, 3.05) is 6.54 Å². The van der Waals surface area contributed by atoms with Crippen molar-refractivity contribution < 1.29 is 4.79 Å². The number of carbonyl (C=O) groups excluding carboxylic acids is 1. The zero-order valence-electron chi connectivity index (χ0n) is 14.2. The molecule has 5 rings (SSSR count). The van der Waals surface area contributed by atoms with Gasteiger partial charge in [-0.2, -0.15) is 0 Å². The van der Waals surface area contributed by atoms with Crippen LogP contribution >= 0.6 is 0 Å². The van der Waals surface area contributed by atoms with Crippen molar-refractivity contribution >= 4 is 27.8 Å². The number of hydrogen-bond donors (Lipinski definition) is 3. The van der Waals surface area contributed by atoms with E-state index in [1.807, 2.05) is 24.3 Å². The highest BCUT2D eigenvalue weighted by Crippen LogP contribution is 2.28. The highest BCUT2D eigenvalue weighted by Gasteiger charge is 2.25. The third-order valence-corrected chi connectivity index (χ3v) is 5.01. The Morgan fingerprint density at radius 2 is 1.93 bits per heavy atom. The van der Waals surface area contributed by atoms with Crippen LogP contribution < -0.4 is 11.2 Å². The van der Waals surface area contributed by atoms with Gasteiger partial charge in [-0.1, -0.05) is 18.2 Å². The molecule has 8 nitrogen and oxygen atoms in total. The predicted molar refractivity (Wildman–Crippen MR) is 99.7 cm³/mol. The quantitative estimate of drug-likeness (QED) is 0.474. The fourth-order valence-corrected chi connectivity index (χ4v) is 3.69. The van der Waals surface area contributed by atoms with E-state index in [4.69, 9.17) is 0 Å². The first-order valence-corrected chi connectivity index (χ1v) is 8.60. The molecule has 0 saturated heterocycles. The summed E-state index contributed by atoms with van der Waals surface area (Å²) in [6, 6.07) is 9.52. The van der Waals surface area contributed by atoms with Gasteiger partial charge in [-0.3, -0.25) is 19.6 Å². The molecule has 0 saturated carbocycles. The van der Waals surface area contributed by atoms with Crippen molar-refractivity contribution in [1.82, 2.24) is 24.8 Å². The number of benzene rings is 1. The van der Waals surface area contributed by atoms with E-state index in [2.05, 4.69) is 19.9 Å². The Bertz CT molecular complexity index is 1330. The van der Waals surface area contributed by atoms with E-state index in [1.165, 1.54) is 12.3 Å². The number of nitrogens with one attached hydrogen (secondary N) is 3. The Hall–Kier alpha value is -3.68. The second-order valence-corrected chi connectivity index (χ2v) is 6.63. The first-order valence-electron chi connectivity index (χ1n) is 8.60. The summed E-state index contributed by atoms with van der Waals surface area (Å²) < 4.78 is 0. The number of pyridine rings is 1. The maximum absolute atomic E-state index is 13.0. The molecule has 1 aliphatic rings. The standard InChI is InChI=1S/C19H15N5O3/c25-17-12-7-10(8-20-16(12)22-19(27)23-17)18(26)24-6-5-15-13(9-24)11-3-1-2-4-14(11)21-15/h1-4,7-8,21H,5-6,9H2,(H2,20,22,23,25,27). The van der Waals surface area contributed by atoms with Crippen molar-refractivity contribution in [2.24, 2.45) is 0 Å². The third kappa shape index (κ3) is 2.45. The zero-order valence-corrected chi connectivity index (χ0v) is 14.2. The van der Waals surface area contributed by atoms with Crippen LogP contribution in [0.3, 0.4) is 0 Å². The number of para-hydroxylation sites is 1. The number of H-pyrrole nitrogens is 3. The van der Waals surface area contributed by atoms with Crippen LogP contribution in [0.1, 0.15) is 21.6 Å². The maximum atomic E-state index is 13.0. The van der Waals surface area contributed by atoms with Crippen LogP contribution in [0.2, 0.25) is 0 Å². The van der Waals surface area contributed by atoms with Gasteiger partial charge < -0.3 is 9.88 Å². The number of amides is 1. The van der Waals surface area contributed by atoms with Crippen molar-refractivity contribution in [3.05, 3.63) is 74.2 Å². The third-order valence-electron chi connectivity index (χ3n) is 5.01. The molecule has 4 aromatic rings. The average Bonchev–Trinajstić information content (AvgIpc) is 3.05. The Morgan fingerprint density at radius 1 is 1.07 bits per heavy atom. The SMILES string of the molecule is O=C(c1cnc2[nH]c(=O)[nH]c(=O)c2c1)N1CCc2[nH]c3ccccc3c2C1. The molecule has 0 unspecified atom stereocenters. The summed E-state index contributed by atoms with van der Waals surface area (Å²) in [6.45, 7) is 1.08. The fourth-order valence-electron chi connectivity index (χ4n) is 3.69. The number of nitrogens with zero attached hydrogens (tertiary/aromatic N) is 2. The van der Waals surface area contributed by atoms with Gasteiger partial charge >= 0.3 is 5.69 Å². The Balaban J connectivity index is 1.52.